The van der Waals surface area contributed by atoms with Gasteiger partial charge in [-0.15, -0.1) is 11.3 Å². The van der Waals surface area contributed by atoms with Crippen LogP contribution < -0.4 is 5.09 Å². The second-order valence-corrected chi connectivity index (χ2v) is 9.07. The number of nitrogens with one attached hydrogen (secondary N) is 1. The summed E-state index contributed by atoms with van der Waals surface area (Å²) in [6, 6.07) is 6.68. The minimum Gasteiger partial charge on any atom is -0.465 e. The van der Waals surface area contributed by atoms with E-state index in [4.69, 9.17) is 9.26 Å². The number of benzene rings is 1. The molecule has 1 aromatic heterocycles. The Morgan fingerprint density at radius 2 is 2.16 bits per heavy atom. The molecule has 0 aliphatic heterocycles. The van der Waals surface area contributed by atoms with Gasteiger partial charge < -0.3 is 9.26 Å². The fourth-order valence-corrected chi connectivity index (χ4v) is 4.91. The van der Waals surface area contributed by atoms with Crippen molar-refractivity contribution in [2.24, 2.45) is 0 Å². The summed E-state index contributed by atoms with van der Waals surface area (Å²) in [4.78, 5) is 23.4. The highest BCUT2D eigenvalue weighted by molar-refractivity contribution is 7.56. The lowest BCUT2D eigenvalue weighted by Crippen LogP contribution is -2.34. The van der Waals surface area contributed by atoms with Crippen molar-refractivity contribution in [2.75, 3.05) is 13.7 Å². The second-order valence-electron chi connectivity index (χ2n) is 5.67. The molecule has 0 spiro atoms. The van der Waals surface area contributed by atoms with Crippen LogP contribution in [0, 0.1) is 0 Å². The first-order valence-electron chi connectivity index (χ1n) is 7.97. The maximum Gasteiger partial charge on any atom is 0.323 e. The fourth-order valence-electron chi connectivity index (χ4n) is 2.35. The number of aldehydes is 1. The van der Waals surface area contributed by atoms with E-state index < -0.39 is 19.5 Å². The summed E-state index contributed by atoms with van der Waals surface area (Å²) in [5, 5.41) is 3.69. The number of esters is 1. The van der Waals surface area contributed by atoms with Crippen molar-refractivity contribution < 1.29 is 23.4 Å². The Labute approximate surface area is 151 Å². The van der Waals surface area contributed by atoms with E-state index >= 15 is 0 Å². The Bertz CT molecular complexity index is 803. The molecule has 0 radical (unpaired) electrons. The summed E-state index contributed by atoms with van der Waals surface area (Å²) < 4.78 is 24.2. The molecule has 0 aliphatic carbocycles. The van der Waals surface area contributed by atoms with Crippen LogP contribution in [0.3, 0.4) is 0 Å². The molecule has 136 valence electrons. The van der Waals surface area contributed by atoms with Crippen LogP contribution in [0.4, 0.5) is 0 Å². The predicted octanol–water partition coefficient (Wildman–Crippen LogP) is 3.98. The standard InChI is InChI=1S/C17H22NO5PS/c1-4-7-23-17(20)12(2)18-24(21,22-3)11-13-5-6-16-14(8-13)9-15(10-19)25-16/h5-6,8-10,12H,4,7,11H2,1-3H3,(H,18,21). The quantitative estimate of drug-likeness (QED) is 0.401. The van der Waals surface area contributed by atoms with Gasteiger partial charge >= 0.3 is 5.97 Å². The lowest BCUT2D eigenvalue weighted by Gasteiger charge is -2.21. The summed E-state index contributed by atoms with van der Waals surface area (Å²) in [7, 11) is -1.91. The molecule has 0 saturated carbocycles. The summed E-state index contributed by atoms with van der Waals surface area (Å²) in [5.74, 6) is -0.456. The zero-order chi connectivity index (χ0) is 18.4. The monoisotopic (exact) mass is 383 g/mol. The Hall–Kier alpha value is -1.53. The molecule has 0 saturated heterocycles. The minimum absolute atomic E-state index is 0.136. The van der Waals surface area contributed by atoms with E-state index in [1.54, 1.807) is 13.0 Å². The Balaban J connectivity index is 2.12. The average molecular weight is 383 g/mol. The number of carbonyl (C=O) groups is 2. The number of carbonyl (C=O) groups excluding carboxylic acids is 2. The maximum atomic E-state index is 12.9. The molecular weight excluding hydrogens is 361 g/mol. The first kappa shape index (κ1) is 19.8. The molecule has 25 heavy (non-hydrogen) atoms. The van der Waals surface area contributed by atoms with Crippen LogP contribution in [0.15, 0.2) is 24.3 Å². The van der Waals surface area contributed by atoms with Crippen LogP contribution in [0.25, 0.3) is 10.1 Å². The van der Waals surface area contributed by atoms with Crippen molar-refractivity contribution in [1.29, 1.82) is 0 Å². The number of ether oxygens (including phenoxy) is 1. The molecule has 0 amide bonds. The molecule has 6 nitrogen and oxygen atoms in total. The molecule has 2 atom stereocenters. The van der Waals surface area contributed by atoms with Gasteiger partial charge in [-0.2, -0.15) is 0 Å². The van der Waals surface area contributed by atoms with Gasteiger partial charge in [0.05, 0.1) is 17.6 Å². The Kier molecular flexibility index (Phi) is 6.90. The SMILES string of the molecule is CCCOC(=O)C(C)NP(=O)(Cc1ccc2sc(C=O)cc2c1)OC. The van der Waals surface area contributed by atoms with Gasteiger partial charge in [0.15, 0.2) is 6.29 Å². The molecule has 2 aromatic rings. The second kappa shape index (κ2) is 8.72. The van der Waals surface area contributed by atoms with Crippen molar-refractivity contribution in [2.45, 2.75) is 32.5 Å². The van der Waals surface area contributed by atoms with Crippen LogP contribution in [-0.4, -0.2) is 32.0 Å². The molecule has 0 fully saturated rings. The van der Waals surface area contributed by atoms with E-state index in [1.165, 1.54) is 18.4 Å². The van der Waals surface area contributed by atoms with Crippen LogP contribution in [0.5, 0.6) is 0 Å². The Morgan fingerprint density at radius 1 is 1.40 bits per heavy atom. The van der Waals surface area contributed by atoms with Crippen molar-refractivity contribution in [1.82, 2.24) is 5.09 Å². The van der Waals surface area contributed by atoms with Crippen molar-refractivity contribution >= 4 is 41.2 Å². The minimum atomic E-state index is -3.26. The van der Waals surface area contributed by atoms with E-state index in [0.29, 0.717) is 11.5 Å². The number of rotatable bonds is 9. The summed E-state index contributed by atoms with van der Waals surface area (Å²) in [6.45, 7) is 3.83. The Morgan fingerprint density at radius 3 is 2.80 bits per heavy atom. The van der Waals surface area contributed by atoms with E-state index in [2.05, 4.69) is 5.09 Å². The van der Waals surface area contributed by atoms with Crippen molar-refractivity contribution in [3.63, 3.8) is 0 Å². The molecule has 1 heterocycles. The van der Waals surface area contributed by atoms with Crippen molar-refractivity contribution in [3.8, 4) is 0 Å². The predicted molar refractivity (Wildman–Crippen MR) is 99.4 cm³/mol. The highest BCUT2D eigenvalue weighted by Crippen LogP contribution is 2.46. The third kappa shape index (κ3) is 5.22. The summed E-state index contributed by atoms with van der Waals surface area (Å²) in [5.41, 5.74) is 0.801. The highest BCUT2D eigenvalue weighted by atomic mass is 32.1. The van der Waals surface area contributed by atoms with Gasteiger partial charge in [0.25, 0.3) is 7.52 Å². The van der Waals surface area contributed by atoms with E-state index in [1.807, 2.05) is 25.1 Å². The van der Waals surface area contributed by atoms with Crippen LogP contribution >= 0.6 is 18.9 Å². The zero-order valence-corrected chi connectivity index (χ0v) is 16.2. The van der Waals surface area contributed by atoms with Gasteiger partial charge in [-0.25, -0.2) is 5.09 Å². The highest BCUT2D eigenvalue weighted by Gasteiger charge is 2.28. The lowest BCUT2D eigenvalue weighted by molar-refractivity contribution is -0.145. The van der Waals surface area contributed by atoms with Crippen LogP contribution in [0.2, 0.25) is 0 Å². The molecule has 2 unspecified atom stereocenters. The summed E-state index contributed by atoms with van der Waals surface area (Å²) >= 11 is 1.41. The van der Waals surface area contributed by atoms with Crippen LogP contribution in [0.1, 0.15) is 35.5 Å². The largest absolute Gasteiger partial charge is 0.465 e. The van der Waals surface area contributed by atoms with Crippen molar-refractivity contribution in [3.05, 3.63) is 34.7 Å². The first-order valence-corrected chi connectivity index (χ1v) is 10.6. The molecule has 8 heteroatoms. The number of hydrogen-bond acceptors (Lipinski definition) is 6. The van der Waals surface area contributed by atoms with Gasteiger partial charge in [-0.3, -0.25) is 14.2 Å². The van der Waals surface area contributed by atoms with Gasteiger partial charge in [0.2, 0.25) is 0 Å². The fraction of sp³-hybridized carbons (Fsp3) is 0.412. The molecule has 2 rings (SSSR count). The molecule has 0 aliphatic rings. The van der Waals surface area contributed by atoms with Crippen LogP contribution in [-0.2, 0) is 24.8 Å². The normalized spacial score (nSPS) is 14.8. The summed E-state index contributed by atoms with van der Waals surface area (Å²) in [6.07, 6.45) is 1.68. The molecule has 1 aromatic carbocycles. The average Bonchev–Trinajstić information content (AvgIpc) is 3.01. The van der Waals surface area contributed by atoms with Gasteiger partial charge in [0.1, 0.15) is 6.04 Å². The topological polar surface area (TPSA) is 81.7 Å². The zero-order valence-electron chi connectivity index (χ0n) is 14.5. The molecular formula is C17H22NO5PS. The third-order valence-electron chi connectivity index (χ3n) is 3.59. The van der Waals surface area contributed by atoms with Gasteiger partial charge in [0, 0.05) is 11.8 Å². The first-order chi connectivity index (χ1) is 11.9. The number of thiophene rings is 1. The number of fused-ring (bicyclic) bond motifs is 1. The van der Waals surface area contributed by atoms with Gasteiger partial charge in [-0.1, -0.05) is 13.0 Å². The van der Waals surface area contributed by atoms with E-state index in [0.717, 1.165) is 28.4 Å². The molecule has 0 bridgehead atoms. The number of hydrogen-bond donors (Lipinski definition) is 1. The van der Waals surface area contributed by atoms with Gasteiger partial charge in [-0.05, 0) is 42.5 Å². The maximum absolute atomic E-state index is 12.9. The van der Waals surface area contributed by atoms with E-state index in [9.17, 15) is 14.2 Å². The van der Waals surface area contributed by atoms with E-state index in [-0.39, 0.29) is 6.16 Å². The smallest absolute Gasteiger partial charge is 0.323 e. The lowest BCUT2D eigenvalue weighted by atomic mass is 10.2. The molecule has 1 N–H and O–H groups in total. The third-order valence-corrected chi connectivity index (χ3v) is 6.79.